The SMILES string of the molecule is CCC(N)(CC)CNC(=O)CCCOc1ccc(F)cc1F.Cl. The number of hydrogen-bond acceptors (Lipinski definition) is 3. The van der Waals surface area contributed by atoms with Gasteiger partial charge >= 0.3 is 0 Å². The predicted molar refractivity (Wildman–Crippen MR) is 88.8 cm³/mol. The van der Waals surface area contributed by atoms with Crippen molar-refractivity contribution in [3.05, 3.63) is 29.8 Å². The Labute approximate surface area is 142 Å². The molecular formula is C16H25ClF2N2O2. The van der Waals surface area contributed by atoms with Crippen LogP contribution in [0.5, 0.6) is 5.75 Å². The van der Waals surface area contributed by atoms with E-state index in [1.165, 1.54) is 6.07 Å². The van der Waals surface area contributed by atoms with Crippen molar-refractivity contribution in [3.8, 4) is 5.75 Å². The number of carbonyl (C=O) groups excluding carboxylic acids is 1. The first-order chi connectivity index (χ1) is 10.4. The van der Waals surface area contributed by atoms with Gasteiger partial charge in [0.2, 0.25) is 5.91 Å². The van der Waals surface area contributed by atoms with Gasteiger partial charge in [-0.3, -0.25) is 4.79 Å². The van der Waals surface area contributed by atoms with Crippen LogP contribution in [-0.2, 0) is 4.79 Å². The van der Waals surface area contributed by atoms with Crippen molar-refractivity contribution in [1.29, 1.82) is 0 Å². The van der Waals surface area contributed by atoms with Crippen LogP contribution in [0.3, 0.4) is 0 Å². The third-order valence-corrected chi connectivity index (χ3v) is 3.75. The molecule has 0 unspecified atom stereocenters. The van der Waals surface area contributed by atoms with Crippen LogP contribution in [0.15, 0.2) is 18.2 Å². The molecule has 0 fully saturated rings. The van der Waals surface area contributed by atoms with Crippen molar-refractivity contribution in [3.63, 3.8) is 0 Å². The molecule has 0 aliphatic rings. The summed E-state index contributed by atoms with van der Waals surface area (Å²) in [5.74, 6) is -1.52. The van der Waals surface area contributed by atoms with Gasteiger partial charge in [-0.1, -0.05) is 13.8 Å². The molecule has 0 aromatic heterocycles. The Morgan fingerprint density at radius 1 is 1.30 bits per heavy atom. The van der Waals surface area contributed by atoms with Crippen molar-refractivity contribution in [2.24, 2.45) is 5.73 Å². The number of rotatable bonds is 9. The van der Waals surface area contributed by atoms with Gasteiger partial charge in [0, 0.05) is 24.6 Å². The molecule has 0 atom stereocenters. The average molecular weight is 351 g/mol. The molecule has 1 aromatic rings. The topological polar surface area (TPSA) is 64.3 Å². The van der Waals surface area contributed by atoms with Crippen LogP contribution in [-0.4, -0.2) is 24.6 Å². The Morgan fingerprint density at radius 2 is 1.96 bits per heavy atom. The van der Waals surface area contributed by atoms with Gasteiger partial charge in [0.05, 0.1) is 6.61 Å². The lowest BCUT2D eigenvalue weighted by molar-refractivity contribution is -0.121. The zero-order valence-electron chi connectivity index (χ0n) is 13.5. The summed E-state index contributed by atoms with van der Waals surface area (Å²) in [6.07, 6.45) is 2.29. The summed E-state index contributed by atoms with van der Waals surface area (Å²) in [4.78, 5) is 11.7. The fourth-order valence-corrected chi connectivity index (χ4v) is 1.87. The summed E-state index contributed by atoms with van der Waals surface area (Å²) in [6, 6.07) is 3.12. The van der Waals surface area contributed by atoms with Crippen molar-refractivity contribution >= 4 is 18.3 Å². The molecule has 0 spiro atoms. The monoisotopic (exact) mass is 350 g/mol. The third-order valence-electron chi connectivity index (χ3n) is 3.75. The predicted octanol–water partition coefficient (Wildman–Crippen LogP) is 3.18. The minimum Gasteiger partial charge on any atom is -0.491 e. The number of hydrogen-bond donors (Lipinski definition) is 2. The van der Waals surface area contributed by atoms with E-state index in [0.29, 0.717) is 13.0 Å². The van der Waals surface area contributed by atoms with E-state index in [1.807, 2.05) is 13.8 Å². The van der Waals surface area contributed by atoms with E-state index < -0.39 is 11.6 Å². The highest BCUT2D eigenvalue weighted by molar-refractivity contribution is 5.85. The maximum Gasteiger partial charge on any atom is 0.220 e. The van der Waals surface area contributed by atoms with Gasteiger partial charge in [-0.05, 0) is 31.4 Å². The Hall–Kier alpha value is -1.40. The molecule has 0 heterocycles. The number of nitrogens with two attached hydrogens (primary N) is 1. The standard InChI is InChI=1S/C16H24F2N2O2.ClH/c1-3-16(19,4-2)11-20-15(21)6-5-9-22-14-8-7-12(17)10-13(14)18;/h7-8,10H,3-6,9,11,19H2,1-2H3,(H,20,21);1H. The molecule has 3 N–H and O–H groups in total. The van der Waals surface area contributed by atoms with Gasteiger partial charge < -0.3 is 15.8 Å². The lowest BCUT2D eigenvalue weighted by Gasteiger charge is -2.26. The number of benzene rings is 1. The highest BCUT2D eigenvalue weighted by Gasteiger charge is 2.20. The Balaban J connectivity index is 0.00000484. The van der Waals surface area contributed by atoms with Gasteiger partial charge in [0.25, 0.3) is 0 Å². The van der Waals surface area contributed by atoms with E-state index in [9.17, 15) is 13.6 Å². The van der Waals surface area contributed by atoms with Crippen LogP contribution in [0.2, 0.25) is 0 Å². The highest BCUT2D eigenvalue weighted by Crippen LogP contribution is 2.17. The summed E-state index contributed by atoms with van der Waals surface area (Å²) < 4.78 is 31.2. The highest BCUT2D eigenvalue weighted by atomic mass is 35.5. The third kappa shape index (κ3) is 7.61. The van der Waals surface area contributed by atoms with Crippen molar-refractivity contribution in [1.82, 2.24) is 5.32 Å². The molecule has 132 valence electrons. The lowest BCUT2D eigenvalue weighted by atomic mass is 9.94. The molecule has 1 amide bonds. The summed E-state index contributed by atoms with van der Waals surface area (Å²) in [5.41, 5.74) is 5.72. The normalized spacial score (nSPS) is 10.8. The molecular weight excluding hydrogens is 326 g/mol. The van der Waals surface area contributed by atoms with Crippen LogP contribution in [0, 0.1) is 11.6 Å². The van der Waals surface area contributed by atoms with E-state index in [4.69, 9.17) is 10.5 Å². The number of carbonyl (C=O) groups is 1. The maximum absolute atomic E-state index is 13.3. The van der Waals surface area contributed by atoms with E-state index in [0.717, 1.165) is 25.0 Å². The summed E-state index contributed by atoms with van der Waals surface area (Å²) in [7, 11) is 0. The number of amides is 1. The summed E-state index contributed by atoms with van der Waals surface area (Å²) in [6.45, 7) is 4.60. The van der Waals surface area contributed by atoms with Crippen LogP contribution < -0.4 is 15.8 Å². The zero-order chi connectivity index (χ0) is 16.6. The Kier molecular flexibility index (Phi) is 9.76. The summed E-state index contributed by atoms with van der Waals surface area (Å²) >= 11 is 0. The fraction of sp³-hybridized carbons (Fsp3) is 0.562. The molecule has 4 nitrogen and oxygen atoms in total. The van der Waals surface area contributed by atoms with Crippen molar-refractivity contribution in [2.45, 2.75) is 45.1 Å². The largest absolute Gasteiger partial charge is 0.491 e. The van der Waals surface area contributed by atoms with Crippen LogP contribution in [0.1, 0.15) is 39.5 Å². The molecule has 0 radical (unpaired) electrons. The number of ether oxygens (including phenoxy) is 1. The minimum atomic E-state index is -0.747. The molecule has 0 saturated heterocycles. The number of halogens is 3. The second-order valence-corrected chi connectivity index (χ2v) is 5.37. The quantitative estimate of drug-likeness (QED) is 0.672. The smallest absolute Gasteiger partial charge is 0.220 e. The van der Waals surface area contributed by atoms with Gasteiger partial charge in [-0.15, -0.1) is 12.4 Å². The van der Waals surface area contributed by atoms with Crippen molar-refractivity contribution in [2.75, 3.05) is 13.2 Å². The number of nitrogens with one attached hydrogen (secondary N) is 1. The molecule has 0 saturated carbocycles. The molecule has 0 bridgehead atoms. The van der Waals surface area contributed by atoms with Gasteiger partial charge in [-0.2, -0.15) is 0 Å². The fourth-order valence-electron chi connectivity index (χ4n) is 1.87. The van der Waals surface area contributed by atoms with E-state index >= 15 is 0 Å². The van der Waals surface area contributed by atoms with Gasteiger partial charge in [-0.25, -0.2) is 8.78 Å². The Bertz CT molecular complexity index is 497. The van der Waals surface area contributed by atoms with Gasteiger partial charge in [0.1, 0.15) is 5.82 Å². The lowest BCUT2D eigenvalue weighted by Crippen LogP contribution is -2.49. The van der Waals surface area contributed by atoms with Gasteiger partial charge in [0.15, 0.2) is 11.6 Å². The molecule has 23 heavy (non-hydrogen) atoms. The molecule has 0 aliphatic heterocycles. The summed E-state index contributed by atoms with van der Waals surface area (Å²) in [5, 5.41) is 2.80. The first-order valence-electron chi connectivity index (χ1n) is 7.53. The van der Waals surface area contributed by atoms with Crippen LogP contribution in [0.4, 0.5) is 8.78 Å². The first-order valence-corrected chi connectivity index (χ1v) is 7.53. The van der Waals surface area contributed by atoms with E-state index in [2.05, 4.69) is 5.32 Å². The molecule has 7 heteroatoms. The minimum absolute atomic E-state index is 0. The second-order valence-electron chi connectivity index (χ2n) is 5.37. The van der Waals surface area contributed by atoms with Crippen LogP contribution >= 0.6 is 12.4 Å². The molecule has 1 aromatic carbocycles. The second kappa shape index (κ2) is 10.4. The maximum atomic E-state index is 13.3. The molecule has 0 aliphatic carbocycles. The van der Waals surface area contributed by atoms with Crippen LogP contribution in [0.25, 0.3) is 0 Å². The Morgan fingerprint density at radius 3 is 2.52 bits per heavy atom. The van der Waals surface area contributed by atoms with Crippen molar-refractivity contribution < 1.29 is 18.3 Å². The first kappa shape index (κ1) is 21.6. The average Bonchev–Trinajstić information content (AvgIpc) is 2.51. The molecule has 1 rings (SSSR count). The van der Waals surface area contributed by atoms with E-state index in [1.54, 1.807) is 0 Å². The van der Waals surface area contributed by atoms with E-state index in [-0.39, 0.29) is 42.6 Å². The zero-order valence-corrected chi connectivity index (χ0v) is 14.3.